The van der Waals surface area contributed by atoms with Gasteiger partial charge in [0.15, 0.2) is 0 Å². The van der Waals surface area contributed by atoms with Gasteiger partial charge in [-0.1, -0.05) is 0 Å². The zero-order chi connectivity index (χ0) is 17.1. The van der Waals surface area contributed by atoms with E-state index in [4.69, 9.17) is 24.4 Å². The van der Waals surface area contributed by atoms with Gasteiger partial charge in [0, 0.05) is 0 Å². The third-order valence-electron chi connectivity index (χ3n) is 2.80. The summed E-state index contributed by atoms with van der Waals surface area (Å²) < 4.78 is 43.5. The number of ether oxygens (including phenoxy) is 2. The van der Waals surface area contributed by atoms with Gasteiger partial charge < -0.3 is 0 Å². The average Bonchev–Trinajstić information content (AvgIpc) is 2.59. The Morgan fingerprint density at radius 1 is 1.27 bits per heavy atom. The summed E-state index contributed by atoms with van der Waals surface area (Å²) in [5, 5.41) is 29.7. The Morgan fingerprint density at radius 2 is 1.86 bits per heavy atom. The first-order valence-electron chi connectivity index (χ1n) is 6.36. The molecule has 1 rings (SSSR count). The third-order valence-corrected chi connectivity index (χ3v) is 6.61. The molecule has 0 aromatic carbocycles. The molecule has 0 radical (unpaired) electrons. The van der Waals surface area contributed by atoms with Crippen molar-refractivity contribution in [3.05, 3.63) is 0 Å². The van der Waals surface area contributed by atoms with E-state index in [2.05, 4.69) is 4.18 Å². The molecule has 5 unspecified atom stereocenters. The van der Waals surface area contributed by atoms with Gasteiger partial charge in [-0.2, -0.15) is 0 Å². The summed E-state index contributed by atoms with van der Waals surface area (Å²) in [5.41, 5.74) is 3.89. The number of aliphatic hydroxyl groups is 3. The minimum absolute atomic E-state index is 0.409. The van der Waals surface area contributed by atoms with Gasteiger partial charge in [0.1, 0.15) is 0 Å². The average molecular weight is 424 g/mol. The van der Waals surface area contributed by atoms with Crippen molar-refractivity contribution in [2.45, 2.75) is 47.3 Å². The first kappa shape index (κ1) is 20.5. The zero-order valence-corrected chi connectivity index (χ0v) is 15.6. The van der Waals surface area contributed by atoms with Crippen LogP contribution in [0.2, 0.25) is 16.6 Å². The van der Waals surface area contributed by atoms with E-state index in [9.17, 15) is 23.7 Å². The van der Waals surface area contributed by atoms with Gasteiger partial charge in [0.05, 0.1) is 0 Å². The third kappa shape index (κ3) is 7.35. The summed E-state index contributed by atoms with van der Waals surface area (Å²) in [7, 11) is 0.701. The number of hydrogen-bond donors (Lipinski definition) is 4. The van der Waals surface area contributed by atoms with Crippen molar-refractivity contribution in [2.75, 3.05) is 13.2 Å². The van der Waals surface area contributed by atoms with E-state index in [1.807, 2.05) is 11.4 Å². The normalized spacial score (nSPS) is 31.4. The van der Waals surface area contributed by atoms with Crippen LogP contribution in [0.5, 0.6) is 0 Å². The van der Waals surface area contributed by atoms with Crippen LogP contribution >= 0.6 is 10.4 Å². The Hall–Kier alpha value is 0.448. The molecule has 1 aliphatic heterocycles. The fourth-order valence-electron chi connectivity index (χ4n) is 1.85. The van der Waals surface area contributed by atoms with Crippen LogP contribution in [0.15, 0.2) is 0 Å². The van der Waals surface area contributed by atoms with Crippen molar-refractivity contribution in [2.24, 2.45) is 0 Å². The molecule has 0 amide bonds. The summed E-state index contributed by atoms with van der Waals surface area (Å²) in [6.45, 7) is -1.12. The fraction of sp³-hybridized carbons (Fsp3) is 1.00. The molecule has 1 saturated heterocycles. The Balaban J connectivity index is 2.45. The summed E-state index contributed by atoms with van der Waals surface area (Å²) in [4.78, 5) is 0. The zero-order valence-electron chi connectivity index (χ0n) is 12.1. The van der Waals surface area contributed by atoms with Crippen molar-refractivity contribution in [3.63, 3.8) is 0 Å². The molecular formula is C10H21AsO9S2. The van der Waals surface area contributed by atoms with Gasteiger partial charge in [-0.25, -0.2) is 0 Å². The second-order valence-electron chi connectivity index (χ2n) is 5.48. The van der Waals surface area contributed by atoms with Crippen LogP contribution in [0.3, 0.4) is 0 Å². The molecule has 132 valence electrons. The molecule has 1 heterocycles. The minimum atomic E-state index is -4.65. The van der Waals surface area contributed by atoms with Crippen LogP contribution in [-0.2, 0) is 24.1 Å². The number of rotatable bonds is 8. The molecule has 0 spiro atoms. The Bertz CT molecular complexity index is 505. The van der Waals surface area contributed by atoms with Crippen LogP contribution in [0.25, 0.3) is 0 Å². The standard InChI is InChI=1S/C10H21AsO9S2/c1-11(2,21)3-7-8(13)9(14)10(20-7)18-4-6(12)5-19-22(15,16)17/h6-10,12-14H,3-5H2,1-2H3,(H,15,16,17). The summed E-state index contributed by atoms with van der Waals surface area (Å²) in [6.07, 6.45) is -5.58. The van der Waals surface area contributed by atoms with E-state index in [0.717, 1.165) is 0 Å². The molecule has 0 aromatic rings. The quantitative estimate of drug-likeness (QED) is 0.284. The SMILES string of the molecule is C[As](C)(=S)CC1OC(OCC(O)COS(=O)(=O)O)C(O)C1O. The monoisotopic (exact) mass is 424 g/mol. The first-order chi connectivity index (χ1) is 9.89. The van der Waals surface area contributed by atoms with Gasteiger partial charge in [-0.05, 0) is 0 Å². The molecule has 9 nitrogen and oxygen atoms in total. The van der Waals surface area contributed by atoms with E-state index in [0.29, 0.717) is 5.21 Å². The van der Waals surface area contributed by atoms with Crippen molar-refractivity contribution in [3.8, 4) is 0 Å². The molecule has 1 fully saturated rings. The van der Waals surface area contributed by atoms with E-state index >= 15 is 0 Å². The van der Waals surface area contributed by atoms with Gasteiger partial charge in [0.25, 0.3) is 0 Å². The van der Waals surface area contributed by atoms with Gasteiger partial charge in [0.2, 0.25) is 0 Å². The van der Waals surface area contributed by atoms with Gasteiger partial charge in [-0.3, -0.25) is 0 Å². The number of hydrogen-bond acceptors (Lipinski definition) is 9. The van der Waals surface area contributed by atoms with Gasteiger partial charge in [-0.15, -0.1) is 0 Å². The maximum atomic E-state index is 10.3. The van der Waals surface area contributed by atoms with Crippen LogP contribution in [0, 0.1) is 0 Å². The molecule has 0 bridgehead atoms. The summed E-state index contributed by atoms with van der Waals surface area (Å²) in [5.74, 6) is 0. The van der Waals surface area contributed by atoms with E-state index in [1.165, 1.54) is 0 Å². The molecule has 22 heavy (non-hydrogen) atoms. The van der Waals surface area contributed by atoms with E-state index < -0.39 is 66.2 Å². The topological polar surface area (TPSA) is 143 Å². The van der Waals surface area contributed by atoms with Crippen LogP contribution in [0.1, 0.15) is 0 Å². The fourth-order valence-corrected chi connectivity index (χ4v) is 5.40. The molecule has 0 aromatic heterocycles. The summed E-state index contributed by atoms with van der Waals surface area (Å²) >= 11 is -2.27. The van der Waals surface area contributed by atoms with Crippen LogP contribution in [-0.4, -0.2) is 84.1 Å². The molecule has 0 saturated carbocycles. The second-order valence-corrected chi connectivity index (χ2v) is 19.1. The van der Waals surface area contributed by atoms with E-state index in [-0.39, 0.29) is 0 Å². The second kappa shape index (κ2) is 8.02. The van der Waals surface area contributed by atoms with Crippen molar-refractivity contribution >= 4 is 32.7 Å². The van der Waals surface area contributed by atoms with Crippen molar-refractivity contribution < 1.29 is 41.9 Å². The molecule has 0 aliphatic carbocycles. The molecule has 12 heteroatoms. The predicted molar refractivity (Wildman–Crippen MR) is 80.0 cm³/mol. The van der Waals surface area contributed by atoms with Crippen molar-refractivity contribution in [1.29, 1.82) is 0 Å². The first-order valence-corrected chi connectivity index (χ1v) is 15.5. The molecule has 5 atom stereocenters. The van der Waals surface area contributed by atoms with Gasteiger partial charge >= 0.3 is 135 Å². The molecular weight excluding hydrogens is 403 g/mol. The van der Waals surface area contributed by atoms with E-state index in [1.54, 1.807) is 0 Å². The Labute approximate surface area is 135 Å². The molecule has 1 aliphatic rings. The number of aliphatic hydroxyl groups excluding tert-OH is 3. The predicted octanol–water partition coefficient (Wildman–Crippen LogP) is -0.967. The van der Waals surface area contributed by atoms with Crippen LogP contribution < -0.4 is 0 Å². The molecule has 4 N–H and O–H groups in total. The maximum absolute atomic E-state index is 10.3. The summed E-state index contributed by atoms with van der Waals surface area (Å²) in [6, 6.07) is 0. The van der Waals surface area contributed by atoms with Crippen LogP contribution in [0.4, 0.5) is 0 Å². The Morgan fingerprint density at radius 3 is 2.36 bits per heavy atom. The van der Waals surface area contributed by atoms with Crippen molar-refractivity contribution in [1.82, 2.24) is 0 Å². The Kier molecular flexibility index (Phi) is 7.47.